The number of rotatable bonds is 9. The predicted octanol–water partition coefficient (Wildman–Crippen LogP) is 4.04. The minimum Gasteiger partial charge on any atom is -0.497 e. The molecule has 2 aromatic carbocycles. The predicted molar refractivity (Wildman–Crippen MR) is 108 cm³/mol. The Morgan fingerprint density at radius 1 is 1.00 bits per heavy atom. The van der Waals surface area contributed by atoms with Crippen molar-refractivity contribution < 1.29 is 23.8 Å². The molecule has 0 bridgehead atoms. The third-order valence-corrected chi connectivity index (χ3v) is 4.26. The molecule has 0 spiro atoms. The minimum absolute atomic E-state index is 0.178. The Bertz CT molecular complexity index is 781. The van der Waals surface area contributed by atoms with Crippen LogP contribution in [0.15, 0.2) is 42.5 Å². The zero-order valence-electron chi connectivity index (χ0n) is 16.8. The molecule has 2 rings (SSSR count). The van der Waals surface area contributed by atoms with Crippen LogP contribution in [0.4, 0.5) is 5.69 Å². The fourth-order valence-corrected chi connectivity index (χ4v) is 2.62. The SMILES string of the molecule is COc1ccc(OCCCC(=O)O[C@H](C)C(=O)Nc2c(C)cccc2C)cc1. The second-order valence-corrected chi connectivity index (χ2v) is 6.52. The van der Waals surface area contributed by atoms with Gasteiger partial charge < -0.3 is 19.5 Å². The molecular weight excluding hydrogens is 358 g/mol. The van der Waals surface area contributed by atoms with Gasteiger partial charge in [-0.1, -0.05) is 18.2 Å². The largest absolute Gasteiger partial charge is 0.497 e. The molecule has 150 valence electrons. The molecule has 0 aromatic heterocycles. The molecule has 6 nitrogen and oxygen atoms in total. The zero-order chi connectivity index (χ0) is 20.5. The summed E-state index contributed by atoms with van der Waals surface area (Å²) in [6.45, 7) is 5.78. The van der Waals surface area contributed by atoms with Gasteiger partial charge in [0.2, 0.25) is 0 Å². The van der Waals surface area contributed by atoms with Crippen molar-refractivity contribution in [1.82, 2.24) is 0 Å². The first kappa shape index (κ1) is 21.3. The number of hydrogen-bond acceptors (Lipinski definition) is 5. The Morgan fingerprint density at radius 3 is 2.21 bits per heavy atom. The summed E-state index contributed by atoms with van der Waals surface area (Å²) in [6.07, 6.45) is -0.193. The van der Waals surface area contributed by atoms with E-state index in [4.69, 9.17) is 14.2 Å². The molecule has 0 aliphatic heterocycles. The van der Waals surface area contributed by atoms with E-state index in [-0.39, 0.29) is 12.3 Å². The Hall–Kier alpha value is -3.02. The van der Waals surface area contributed by atoms with E-state index < -0.39 is 12.1 Å². The fourth-order valence-electron chi connectivity index (χ4n) is 2.62. The van der Waals surface area contributed by atoms with Crippen LogP contribution in [0.5, 0.6) is 11.5 Å². The summed E-state index contributed by atoms with van der Waals surface area (Å²) in [5.74, 6) is 0.683. The molecule has 0 heterocycles. The second-order valence-electron chi connectivity index (χ2n) is 6.52. The number of carbonyl (C=O) groups excluding carboxylic acids is 2. The van der Waals surface area contributed by atoms with E-state index in [0.717, 1.165) is 22.6 Å². The van der Waals surface area contributed by atoms with Crippen LogP contribution >= 0.6 is 0 Å². The van der Waals surface area contributed by atoms with Crippen molar-refractivity contribution >= 4 is 17.6 Å². The van der Waals surface area contributed by atoms with E-state index in [2.05, 4.69) is 5.32 Å². The summed E-state index contributed by atoms with van der Waals surface area (Å²) < 4.78 is 15.9. The molecule has 0 aliphatic carbocycles. The van der Waals surface area contributed by atoms with Gasteiger partial charge in [0.15, 0.2) is 6.10 Å². The van der Waals surface area contributed by atoms with Crippen molar-refractivity contribution in [2.45, 2.75) is 39.7 Å². The maximum absolute atomic E-state index is 12.3. The van der Waals surface area contributed by atoms with Gasteiger partial charge >= 0.3 is 5.97 Å². The van der Waals surface area contributed by atoms with Gasteiger partial charge in [-0.25, -0.2) is 0 Å². The van der Waals surface area contributed by atoms with E-state index >= 15 is 0 Å². The van der Waals surface area contributed by atoms with Crippen LogP contribution in [-0.4, -0.2) is 31.7 Å². The number of anilines is 1. The average molecular weight is 385 g/mol. The lowest BCUT2D eigenvalue weighted by Gasteiger charge is -2.16. The molecule has 2 aromatic rings. The normalized spacial score (nSPS) is 11.4. The zero-order valence-corrected chi connectivity index (χ0v) is 16.8. The number of para-hydroxylation sites is 1. The Balaban J connectivity index is 1.72. The Kier molecular flexibility index (Phi) is 7.87. The van der Waals surface area contributed by atoms with Crippen molar-refractivity contribution in [2.75, 3.05) is 19.0 Å². The minimum atomic E-state index is -0.867. The van der Waals surface area contributed by atoms with Gasteiger partial charge in [-0.3, -0.25) is 9.59 Å². The highest BCUT2D eigenvalue weighted by atomic mass is 16.5. The lowest BCUT2D eigenvalue weighted by molar-refractivity contribution is -0.153. The van der Waals surface area contributed by atoms with Crippen LogP contribution in [0.3, 0.4) is 0 Å². The fraction of sp³-hybridized carbons (Fsp3) is 0.364. The smallest absolute Gasteiger partial charge is 0.306 e. The van der Waals surface area contributed by atoms with Gasteiger partial charge in [0.1, 0.15) is 11.5 Å². The first-order valence-electron chi connectivity index (χ1n) is 9.24. The highest BCUT2D eigenvalue weighted by Gasteiger charge is 2.19. The van der Waals surface area contributed by atoms with Crippen LogP contribution in [0.25, 0.3) is 0 Å². The third kappa shape index (κ3) is 6.30. The van der Waals surface area contributed by atoms with Gasteiger partial charge in [0.25, 0.3) is 5.91 Å². The highest BCUT2D eigenvalue weighted by molar-refractivity contribution is 5.96. The average Bonchev–Trinajstić information content (AvgIpc) is 2.68. The lowest BCUT2D eigenvalue weighted by atomic mass is 10.1. The molecule has 0 aliphatic rings. The highest BCUT2D eigenvalue weighted by Crippen LogP contribution is 2.20. The standard InChI is InChI=1S/C22H27NO5/c1-15-7-5-8-16(2)21(15)23-22(25)17(3)28-20(24)9-6-14-27-19-12-10-18(26-4)11-13-19/h5,7-8,10-13,17H,6,9,14H2,1-4H3,(H,23,25)/t17-/m1/s1. The maximum atomic E-state index is 12.3. The summed E-state index contributed by atoms with van der Waals surface area (Å²) in [6, 6.07) is 13.0. The van der Waals surface area contributed by atoms with Crippen molar-refractivity contribution in [1.29, 1.82) is 0 Å². The van der Waals surface area contributed by atoms with Crippen LogP contribution in [-0.2, 0) is 14.3 Å². The first-order chi connectivity index (χ1) is 13.4. The molecule has 6 heteroatoms. The second kappa shape index (κ2) is 10.3. The van der Waals surface area contributed by atoms with E-state index in [1.165, 1.54) is 0 Å². The Morgan fingerprint density at radius 2 is 1.61 bits per heavy atom. The van der Waals surface area contributed by atoms with Crippen LogP contribution in [0.2, 0.25) is 0 Å². The first-order valence-corrected chi connectivity index (χ1v) is 9.24. The number of hydrogen-bond donors (Lipinski definition) is 1. The topological polar surface area (TPSA) is 73.9 Å². The van der Waals surface area contributed by atoms with Gasteiger partial charge in [0.05, 0.1) is 13.7 Å². The van der Waals surface area contributed by atoms with Crippen LogP contribution < -0.4 is 14.8 Å². The number of methoxy groups -OCH3 is 1. The summed E-state index contributed by atoms with van der Waals surface area (Å²) in [4.78, 5) is 24.3. The molecule has 0 saturated heterocycles. The number of ether oxygens (including phenoxy) is 3. The number of esters is 1. The molecule has 0 unspecified atom stereocenters. The van der Waals surface area contributed by atoms with E-state index in [1.807, 2.05) is 32.0 Å². The number of aryl methyl sites for hydroxylation is 2. The maximum Gasteiger partial charge on any atom is 0.306 e. The lowest BCUT2D eigenvalue weighted by Crippen LogP contribution is -2.30. The Labute approximate surface area is 165 Å². The summed E-state index contributed by atoms with van der Waals surface area (Å²) in [7, 11) is 1.60. The van der Waals surface area contributed by atoms with Crippen molar-refractivity contribution in [3.63, 3.8) is 0 Å². The molecule has 0 saturated carbocycles. The van der Waals surface area contributed by atoms with Gasteiger partial charge in [-0.05, 0) is 62.6 Å². The summed E-state index contributed by atoms with van der Waals surface area (Å²) in [5, 5.41) is 2.83. The quantitative estimate of drug-likeness (QED) is 0.521. The van der Waals surface area contributed by atoms with Crippen molar-refractivity contribution in [2.24, 2.45) is 0 Å². The van der Waals surface area contributed by atoms with E-state index in [0.29, 0.717) is 18.8 Å². The van der Waals surface area contributed by atoms with Gasteiger partial charge in [-0.2, -0.15) is 0 Å². The molecule has 1 N–H and O–H groups in total. The number of nitrogens with one attached hydrogen (secondary N) is 1. The monoisotopic (exact) mass is 385 g/mol. The van der Waals surface area contributed by atoms with Gasteiger partial charge in [0, 0.05) is 12.1 Å². The third-order valence-electron chi connectivity index (χ3n) is 4.26. The number of amides is 1. The summed E-state index contributed by atoms with van der Waals surface area (Å²) in [5.41, 5.74) is 2.67. The summed E-state index contributed by atoms with van der Waals surface area (Å²) >= 11 is 0. The molecular formula is C22H27NO5. The molecule has 1 amide bonds. The molecule has 0 fully saturated rings. The van der Waals surface area contributed by atoms with E-state index in [9.17, 15) is 9.59 Å². The van der Waals surface area contributed by atoms with Crippen LogP contribution in [0.1, 0.15) is 30.9 Å². The molecule has 0 radical (unpaired) electrons. The molecule has 28 heavy (non-hydrogen) atoms. The van der Waals surface area contributed by atoms with E-state index in [1.54, 1.807) is 38.3 Å². The number of carbonyl (C=O) groups is 2. The van der Waals surface area contributed by atoms with Gasteiger partial charge in [-0.15, -0.1) is 0 Å². The van der Waals surface area contributed by atoms with Crippen molar-refractivity contribution in [3.05, 3.63) is 53.6 Å². The van der Waals surface area contributed by atoms with Crippen molar-refractivity contribution in [3.8, 4) is 11.5 Å². The number of benzene rings is 2. The van der Waals surface area contributed by atoms with Crippen LogP contribution in [0, 0.1) is 13.8 Å². The molecule has 1 atom stereocenters.